The lowest BCUT2D eigenvalue weighted by molar-refractivity contribution is -0.141. The van der Waals surface area contributed by atoms with Crippen LogP contribution in [0, 0.1) is 11.3 Å². The normalized spacial score (nSPS) is 41.1. The number of fused-ring (bicyclic) bond motifs is 2. The number of carbonyl (C=O) groups is 1. The van der Waals surface area contributed by atoms with E-state index in [-0.39, 0.29) is 12.1 Å². The van der Waals surface area contributed by atoms with Gasteiger partial charge in [-0.3, -0.25) is 0 Å². The van der Waals surface area contributed by atoms with Crippen molar-refractivity contribution in [3.63, 3.8) is 0 Å². The molecule has 3 rings (SSSR count). The van der Waals surface area contributed by atoms with Gasteiger partial charge in [0, 0.05) is 5.57 Å². The topological polar surface area (TPSA) is 26.3 Å². The Labute approximate surface area is 103 Å². The van der Waals surface area contributed by atoms with E-state index in [1.807, 2.05) is 6.92 Å². The molecule has 0 amide bonds. The Balaban J connectivity index is 1.97. The Kier molecular flexibility index (Phi) is 2.26. The van der Waals surface area contributed by atoms with Crippen LogP contribution in [0.1, 0.15) is 46.0 Å². The molecular weight excluding hydrogens is 212 g/mol. The quantitative estimate of drug-likeness (QED) is 0.472. The second kappa shape index (κ2) is 3.47. The van der Waals surface area contributed by atoms with Crippen molar-refractivity contribution >= 4 is 5.97 Å². The molecule has 17 heavy (non-hydrogen) atoms. The fourth-order valence-corrected chi connectivity index (χ4v) is 3.95. The van der Waals surface area contributed by atoms with Crippen LogP contribution in [0.4, 0.5) is 0 Å². The molecule has 2 fully saturated rings. The number of esters is 1. The summed E-state index contributed by atoms with van der Waals surface area (Å²) in [4.78, 5) is 11.6. The van der Waals surface area contributed by atoms with Crippen LogP contribution in [-0.2, 0) is 9.53 Å². The highest BCUT2D eigenvalue weighted by molar-refractivity contribution is 5.91. The zero-order chi connectivity index (χ0) is 12.2. The third kappa shape index (κ3) is 1.50. The first-order chi connectivity index (χ1) is 8.01. The standard InChI is InChI=1S/C15H20O2/c1-9-5-4-6-15(3)8-13-11(7-12(9)15)10(2)14(16)17-13/h12-13H,1,4-8H2,2-3H3/t12-,13+,15+/m0/s1. The van der Waals surface area contributed by atoms with E-state index in [0.717, 1.165) is 24.8 Å². The Bertz CT molecular complexity index is 432. The van der Waals surface area contributed by atoms with Gasteiger partial charge in [-0.2, -0.15) is 0 Å². The van der Waals surface area contributed by atoms with Crippen LogP contribution in [-0.4, -0.2) is 12.1 Å². The lowest BCUT2D eigenvalue weighted by atomic mass is 9.57. The van der Waals surface area contributed by atoms with Gasteiger partial charge < -0.3 is 4.74 Å². The molecule has 1 aliphatic heterocycles. The van der Waals surface area contributed by atoms with E-state index in [4.69, 9.17) is 4.74 Å². The number of carbonyl (C=O) groups excluding carboxylic acids is 1. The summed E-state index contributed by atoms with van der Waals surface area (Å²) in [6.45, 7) is 8.51. The molecule has 2 heteroatoms. The zero-order valence-electron chi connectivity index (χ0n) is 10.7. The minimum absolute atomic E-state index is 0.0645. The first-order valence-corrected chi connectivity index (χ1v) is 6.59. The highest BCUT2D eigenvalue weighted by Gasteiger charge is 2.49. The molecule has 0 aromatic carbocycles. The maximum Gasteiger partial charge on any atom is 0.334 e. The van der Waals surface area contributed by atoms with Crippen molar-refractivity contribution in [3.05, 3.63) is 23.3 Å². The minimum atomic E-state index is -0.0992. The third-order valence-electron chi connectivity index (χ3n) is 5.08. The maximum atomic E-state index is 11.6. The van der Waals surface area contributed by atoms with Gasteiger partial charge in [-0.15, -0.1) is 0 Å². The summed E-state index contributed by atoms with van der Waals surface area (Å²) in [6.07, 6.45) is 5.70. The van der Waals surface area contributed by atoms with E-state index in [1.54, 1.807) is 0 Å². The van der Waals surface area contributed by atoms with Crippen LogP contribution in [0.25, 0.3) is 0 Å². The molecule has 2 aliphatic carbocycles. The van der Waals surface area contributed by atoms with Gasteiger partial charge in [-0.05, 0) is 55.9 Å². The Morgan fingerprint density at radius 3 is 3.00 bits per heavy atom. The molecule has 0 saturated heterocycles. The Morgan fingerprint density at radius 1 is 1.47 bits per heavy atom. The molecule has 0 unspecified atom stereocenters. The van der Waals surface area contributed by atoms with Crippen LogP contribution in [0.2, 0.25) is 0 Å². The molecular formula is C15H20O2. The number of hydrogen-bond acceptors (Lipinski definition) is 2. The number of rotatable bonds is 0. The van der Waals surface area contributed by atoms with Crippen molar-refractivity contribution in [3.8, 4) is 0 Å². The number of allylic oxidation sites excluding steroid dienone is 1. The Hall–Kier alpha value is -1.05. The molecule has 92 valence electrons. The molecule has 3 aliphatic rings. The van der Waals surface area contributed by atoms with Crippen LogP contribution in [0.15, 0.2) is 23.3 Å². The van der Waals surface area contributed by atoms with Crippen molar-refractivity contribution < 1.29 is 9.53 Å². The van der Waals surface area contributed by atoms with Gasteiger partial charge >= 0.3 is 5.97 Å². The smallest absolute Gasteiger partial charge is 0.334 e. The highest BCUT2D eigenvalue weighted by atomic mass is 16.5. The average Bonchev–Trinajstić information content (AvgIpc) is 2.52. The number of hydrogen-bond donors (Lipinski definition) is 0. The van der Waals surface area contributed by atoms with Crippen molar-refractivity contribution in [2.45, 2.75) is 52.1 Å². The lowest BCUT2D eigenvalue weighted by Gasteiger charge is -2.48. The molecule has 0 aromatic heterocycles. The van der Waals surface area contributed by atoms with Gasteiger partial charge in [0.15, 0.2) is 0 Å². The van der Waals surface area contributed by atoms with E-state index in [2.05, 4.69) is 13.5 Å². The van der Waals surface area contributed by atoms with Crippen molar-refractivity contribution in [2.75, 3.05) is 0 Å². The van der Waals surface area contributed by atoms with Gasteiger partial charge in [0.25, 0.3) is 0 Å². The van der Waals surface area contributed by atoms with Gasteiger partial charge in [-0.25, -0.2) is 4.79 Å². The van der Waals surface area contributed by atoms with Crippen LogP contribution in [0.3, 0.4) is 0 Å². The largest absolute Gasteiger partial charge is 0.454 e. The van der Waals surface area contributed by atoms with Gasteiger partial charge in [-0.1, -0.05) is 19.1 Å². The van der Waals surface area contributed by atoms with Gasteiger partial charge in [0.2, 0.25) is 0 Å². The summed E-state index contributed by atoms with van der Waals surface area (Å²) in [6, 6.07) is 0. The maximum absolute atomic E-state index is 11.6. The summed E-state index contributed by atoms with van der Waals surface area (Å²) in [5.74, 6) is 0.463. The van der Waals surface area contributed by atoms with E-state index >= 15 is 0 Å². The SMILES string of the molecule is C=C1CCC[C@]2(C)C[C@H]3OC(=O)C(C)=C3C[C@@H]12. The lowest BCUT2D eigenvalue weighted by Crippen LogP contribution is -2.41. The molecule has 0 aromatic rings. The third-order valence-corrected chi connectivity index (χ3v) is 5.08. The van der Waals surface area contributed by atoms with E-state index in [0.29, 0.717) is 11.3 Å². The average molecular weight is 232 g/mol. The summed E-state index contributed by atoms with van der Waals surface area (Å²) in [7, 11) is 0. The Morgan fingerprint density at radius 2 is 2.24 bits per heavy atom. The molecule has 2 saturated carbocycles. The molecule has 0 N–H and O–H groups in total. The molecule has 0 radical (unpaired) electrons. The predicted octanol–water partition coefficient (Wildman–Crippen LogP) is 3.38. The van der Waals surface area contributed by atoms with Crippen molar-refractivity contribution in [1.29, 1.82) is 0 Å². The molecule has 0 spiro atoms. The summed E-state index contributed by atoms with van der Waals surface area (Å²) >= 11 is 0. The van der Waals surface area contributed by atoms with E-state index < -0.39 is 0 Å². The zero-order valence-corrected chi connectivity index (χ0v) is 10.7. The molecule has 2 nitrogen and oxygen atoms in total. The first-order valence-electron chi connectivity index (χ1n) is 6.59. The predicted molar refractivity (Wildman–Crippen MR) is 66.4 cm³/mol. The first kappa shape index (κ1) is 11.1. The molecule has 0 bridgehead atoms. The fourth-order valence-electron chi connectivity index (χ4n) is 3.95. The minimum Gasteiger partial charge on any atom is -0.454 e. The summed E-state index contributed by atoms with van der Waals surface area (Å²) < 4.78 is 5.48. The monoisotopic (exact) mass is 232 g/mol. The van der Waals surface area contributed by atoms with Crippen LogP contribution < -0.4 is 0 Å². The van der Waals surface area contributed by atoms with Gasteiger partial charge in [0.1, 0.15) is 6.10 Å². The van der Waals surface area contributed by atoms with E-state index in [9.17, 15) is 4.79 Å². The van der Waals surface area contributed by atoms with Crippen LogP contribution >= 0.6 is 0 Å². The summed E-state index contributed by atoms with van der Waals surface area (Å²) in [5.41, 5.74) is 3.79. The molecule has 3 atom stereocenters. The highest BCUT2D eigenvalue weighted by Crippen LogP contribution is 2.55. The van der Waals surface area contributed by atoms with E-state index in [1.165, 1.54) is 24.0 Å². The summed E-state index contributed by atoms with van der Waals surface area (Å²) in [5, 5.41) is 0. The van der Waals surface area contributed by atoms with Crippen molar-refractivity contribution in [1.82, 2.24) is 0 Å². The fraction of sp³-hybridized carbons (Fsp3) is 0.667. The second-order valence-corrected chi connectivity index (χ2v) is 6.17. The second-order valence-electron chi connectivity index (χ2n) is 6.17. The van der Waals surface area contributed by atoms with Crippen molar-refractivity contribution in [2.24, 2.45) is 11.3 Å². The number of ether oxygens (including phenoxy) is 1. The van der Waals surface area contributed by atoms with Gasteiger partial charge in [0.05, 0.1) is 0 Å². The van der Waals surface area contributed by atoms with Crippen LogP contribution in [0.5, 0.6) is 0 Å². The molecule has 1 heterocycles.